The fourth-order valence-corrected chi connectivity index (χ4v) is 5.89. The minimum absolute atomic E-state index is 0. The van der Waals surface area contributed by atoms with Gasteiger partial charge in [-0.05, 0) is 25.7 Å². The van der Waals surface area contributed by atoms with E-state index in [2.05, 4.69) is 24.2 Å². The number of carbonyl (C=O) groups excluding carboxylic acids is 2. The summed E-state index contributed by atoms with van der Waals surface area (Å²) >= 11 is 0. The molecule has 1 amide bonds. The molecule has 0 aromatic heterocycles. The zero-order valence-corrected chi connectivity index (χ0v) is 31.3. The molecule has 0 aliphatic rings. The second-order valence-corrected chi connectivity index (χ2v) is 13.3. The average molecular weight is 674 g/mol. The molecular weight excluding hydrogens is 596 g/mol. The minimum Gasteiger partial charge on any atom is -0.464 e. The van der Waals surface area contributed by atoms with E-state index in [1.54, 1.807) is 0 Å². The number of nitrogens with zero attached hydrogens (tertiary/aromatic N) is 1. The van der Waals surface area contributed by atoms with Crippen LogP contribution in [0.25, 0.3) is 0 Å². The van der Waals surface area contributed by atoms with E-state index in [4.69, 9.17) is 16.2 Å². The van der Waals surface area contributed by atoms with Crippen LogP contribution >= 0.6 is 12.4 Å². The molecule has 0 rings (SSSR count). The van der Waals surface area contributed by atoms with Gasteiger partial charge in [0.25, 0.3) is 0 Å². The number of rotatable bonds is 35. The summed E-state index contributed by atoms with van der Waals surface area (Å²) in [6.07, 6.45) is 36.2. The fraction of sp³-hybridized carbons (Fsp3) is 0.921. The van der Waals surface area contributed by atoms with E-state index in [0.717, 1.165) is 25.7 Å². The van der Waals surface area contributed by atoms with E-state index in [9.17, 15) is 9.59 Å². The molecule has 8 heteroatoms. The molecular formula is C38H77ClN4O3. The zero-order chi connectivity index (χ0) is 33.1. The number of aliphatic imine (C=N–C) groups is 1. The Kier molecular flexibility index (Phi) is 38.5. The van der Waals surface area contributed by atoms with E-state index in [-0.39, 0.29) is 30.2 Å². The lowest BCUT2D eigenvalue weighted by atomic mass is 10.0. The number of ether oxygens (including phenoxy) is 1. The second-order valence-electron chi connectivity index (χ2n) is 13.3. The number of hydrogen-bond donors (Lipinski definition) is 3. The van der Waals surface area contributed by atoms with Crippen molar-refractivity contribution in [2.45, 2.75) is 213 Å². The summed E-state index contributed by atoms with van der Waals surface area (Å²) in [5.74, 6) is -0.371. The Morgan fingerprint density at radius 3 is 1.33 bits per heavy atom. The molecule has 0 heterocycles. The Bertz CT molecular complexity index is 689. The Morgan fingerprint density at radius 2 is 0.935 bits per heavy atom. The highest BCUT2D eigenvalue weighted by atomic mass is 35.5. The van der Waals surface area contributed by atoms with Crippen LogP contribution in [0.5, 0.6) is 0 Å². The Morgan fingerprint density at radius 1 is 0.565 bits per heavy atom. The highest BCUT2D eigenvalue weighted by Gasteiger charge is 2.21. The van der Waals surface area contributed by atoms with Crippen molar-refractivity contribution < 1.29 is 14.3 Å². The zero-order valence-electron chi connectivity index (χ0n) is 30.4. The number of amides is 1. The van der Waals surface area contributed by atoms with Crippen molar-refractivity contribution in [3.05, 3.63) is 0 Å². The van der Waals surface area contributed by atoms with Crippen molar-refractivity contribution >= 4 is 30.2 Å². The minimum atomic E-state index is -0.639. The van der Waals surface area contributed by atoms with Crippen LogP contribution in [-0.2, 0) is 14.3 Å². The van der Waals surface area contributed by atoms with E-state index in [1.165, 1.54) is 148 Å². The third-order valence-corrected chi connectivity index (χ3v) is 8.81. The molecule has 0 fully saturated rings. The average Bonchev–Trinajstić information content (AvgIpc) is 3.02. The third-order valence-electron chi connectivity index (χ3n) is 8.81. The number of halogens is 1. The van der Waals surface area contributed by atoms with Crippen molar-refractivity contribution in [1.82, 2.24) is 5.32 Å². The topological polar surface area (TPSA) is 120 Å². The summed E-state index contributed by atoms with van der Waals surface area (Å²) in [7, 11) is 0. The maximum absolute atomic E-state index is 12.8. The van der Waals surface area contributed by atoms with Crippen LogP contribution in [0, 0.1) is 0 Å². The van der Waals surface area contributed by atoms with E-state index in [1.807, 2.05) is 0 Å². The molecule has 0 saturated heterocycles. The Hall–Kier alpha value is -1.50. The largest absolute Gasteiger partial charge is 0.464 e. The molecule has 0 aromatic rings. The smallest absolute Gasteiger partial charge is 0.328 e. The van der Waals surface area contributed by atoms with Crippen molar-refractivity contribution in [2.75, 3.05) is 13.2 Å². The molecule has 0 unspecified atom stereocenters. The predicted octanol–water partition coefficient (Wildman–Crippen LogP) is 10.5. The molecule has 1 atom stereocenters. The SMILES string of the molecule is CCCCCCCCCCCCCCCCOC(=O)[C@H](CCCN=C(N)N)NC(=O)CCCCCCCCCCCCCCC.Cl. The van der Waals surface area contributed by atoms with Gasteiger partial charge >= 0.3 is 5.97 Å². The maximum Gasteiger partial charge on any atom is 0.328 e. The molecule has 0 aromatic carbocycles. The predicted molar refractivity (Wildman–Crippen MR) is 201 cm³/mol. The van der Waals surface area contributed by atoms with E-state index < -0.39 is 6.04 Å². The molecule has 0 saturated carbocycles. The van der Waals surface area contributed by atoms with Gasteiger partial charge in [-0.25, -0.2) is 4.79 Å². The van der Waals surface area contributed by atoms with Crippen LogP contribution in [-0.4, -0.2) is 37.0 Å². The van der Waals surface area contributed by atoms with Gasteiger partial charge in [0.15, 0.2) is 5.96 Å². The third kappa shape index (κ3) is 35.4. The van der Waals surface area contributed by atoms with Crippen molar-refractivity contribution in [1.29, 1.82) is 0 Å². The van der Waals surface area contributed by atoms with Gasteiger partial charge in [0, 0.05) is 13.0 Å². The first-order chi connectivity index (χ1) is 22.0. The van der Waals surface area contributed by atoms with Crippen LogP contribution in [0.2, 0.25) is 0 Å². The first-order valence-electron chi connectivity index (χ1n) is 19.5. The fourth-order valence-electron chi connectivity index (χ4n) is 5.89. The van der Waals surface area contributed by atoms with Gasteiger partial charge in [-0.2, -0.15) is 0 Å². The molecule has 7 nitrogen and oxygen atoms in total. The van der Waals surface area contributed by atoms with Gasteiger partial charge in [0.2, 0.25) is 5.91 Å². The Balaban J connectivity index is 0. The van der Waals surface area contributed by atoms with Crippen LogP contribution in [0.3, 0.4) is 0 Å². The molecule has 274 valence electrons. The lowest BCUT2D eigenvalue weighted by Crippen LogP contribution is -2.42. The number of hydrogen-bond acceptors (Lipinski definition) is 4. The number of nitrogens with two attached hydrogens (primary N) is 2. The van der Waals surface area contributed by atoms with Gasteiger partial charge < -0.3 is 21.5 Å². The highest BCUT2D eigenvalue weighted by molar-refractivity contribution is 5.85. The number of unbranched alkanes of at least 4 members (excludes halogenated alkanes) is 25. The summed E-state index contributed by atoms with van der Waals surface area (Å²) in [5.41, 5.74) is 10.9. The molecule has 5 N–H and O–H groups in total. The number of carbonyl (C=O) groups is 2. The normalized spacial score (nSPS) is 11.5. The lowest BCUT2D eigenvalue weighted by molar-refractivity contribution is -0.148. The van der Waals surface area contributed by atoms with Crippen LogP contribution in [0.15, 0.2) is 4.99 Å². The van der Waals surface area contributed by atoms with Crippen LogP contribution < -0.4 is 16.8 Å². The lowest BCUT2D eigenvalue weighted by Gasteiger charge is -2.17. The maximum atomic E-state index is 12.8. The molecule has 0 spiro atoms. The van der Waals surface area contributed by atoms with Gasteiger partial charge in [-0.1, -0.05) is 174 Å². The summed E-state index contributed by atoms with van der Waals surface area (Å²) in [5, 5.41) is 2.93. The van der Waals surface area contributed by atoms with Crippen molar-refractivity contribution in [3.63, 3.8) is 0 Å². The molecule has 0 bridgehead atoms. The number of nitrogens with one attached hydrogen (secondary N) is 1. The second kappa shape index (κ2) is 38.0. The Labute approximate surface area is 291 Å². The van der Waals surface area contributed by atoms with Gasteiger partial charge in [0.05, 0.1) is 6.61 Å². The highest BCUT2D eigenvalue weighted by Crippen LogP contribution is 2.15. The van der Waals surface area contributed by atoms with Gasteiger partial charge in [-0.3, -0.25) is 9.79 Å². The van der Waals surface area contributed by atoms with Crippen LogP contribution in [0.1, 0.15) is 206 Å². The first kappa shape index (κ1) is 46.6. The van der Waals surface area contributed by atoms with Crippen LogP contribution in [0.4, 0.5) is 0 Å². The van der Waals surface area contributed by atoms with E-state index >= 15 is 0 Å². The summed E-state index contributed by atoms with van der Waals surface area (Å²) in [6.45, 7) is 5.38. The standard InChI is InChI=1S/C38H76N4O3.ClH/c1-3-5-7-9-11-13-15-17-19-21-23-25-27-29-34-45-37(44)35(31-30-33-41-38(39)40)42-36(43)32-28-26-24-22-20-18-16-14-12-10-8-6-4-2;/h35H,3-34H2,1-2H3,(H,42,43)(H4,39,40,41);1H/t35-;/m0./s1. The summed E-state index contributed by atoms with van der Waals surface area (Å²) in [4.78, 5) is 29.4. The number of esters is 1. The number of guanidine groups is 1. The van der Waals surface area contributed by atoms with Gasteiger partial charge in [0.1, 0.15) is 6.04 Å². The van der Waals surface area contributed by atoms with Crippen molar-refractivity contribution in [3.8, 4) is 0 Å². The molecule has 0 aliphatic carbocycles. The quantitative estimate of drug-likeness (QED) is 0.0268. The monoisotopic (exact) mass is 673 g/mol. The summed E-state index contributed by atoms with van der Waals surface area (Å²) in [6, 6.07) is -0.639. The summed E-state index contributed by atoms with van der Waals surface area (Å²) < 4.78 is 5.57. The van der Waals surface area contributed by atoms with Crippen molar-refractivity contribution in [2.24, 2.45) is 16.5 Å². The first-order valence-corrected chi connectivity index (χ1v) is 19.5. The van der Waals surface area contributed by atoms with Gasteiger partial charge in [-0.15, -0.1) is 12.4 Å². The molecule has 46 heavy (non-hydrogen) atoms. The molecule has 0 radical (unpaired) electrons. The van der Waals surface area contributed by atoms with E-state index in [0.29, 0.717) is 32.4 Å². The molecule has 0 aliphatic heterocycles.